The van der Waals surface area contributed by atoms with E-state index in [-0.39, 0.29) is 18.8 Å². The predicted molar refractivity (Wildman–Crippen MR) is 82.3 cm³/mol. The number of benzene rings is 1. The maximum Gasteiger partial charge on any atom is 0.171 e. The van der Waals surface area contributed by atoms with Crippen molar-refractivity contribution in [2.24, 2.45) is 5.73 Å². The van der Waals surface area contributed by atoms with Crippen molar-refractivity contribution < 1.29 is 14.3 Å². The van der Waals surface area contributed by atoms with Gasteiger partial charge in [-0.3, -0.25) is 0 Å². The van der Waals surface area contributed by atoms with E-state index < -0.39 is 0 Å². The van der Waals surface area contributed by atoms with Crippen LogP contribution in [-0.2, 0) is 6.42 Å². The van der Waals surface area contributed by atoms with E-state index in [0.717, 1.165) is 29.3 Å². The molecule has 3 N–H and O–H groups in total. The Morgan fingerprint density at radius 3 is 2.62 bits per heavy atom. The number of aliphatic hydroxyl groups is 1. The second-order valence-electron chi connectivity index (χ2n) is 5.14. The predicted octanol–water partition coefficient (Wildman–Crippen LogP) is 2.98. The molecule has 0 bridgehead atoms. The first-order valence-corrected chi connectivity index (χ1v) is 7.33. The number of ether oxygens (including phenoxy) is 1. The van der Waals surface area contributed by atoms with Crippen molar-refractivity contribution in [2.45, 2.75) is 38.8 Å². The highest BCUT2D eigenvalue weighted by Crippen LogP contribution is 2.29. The molecule has 1 aromatic carbocycles. The van der Waals surface area contributed by atoms with Gasteiger partial charge in [0.1, 0.15) is 17.3 Å². The van der Waals surface area contributed by atoms with E-state index in [9.17, 15) is 0 Å². The standard InChI is InChI=1S/C17H23NO3/c1-3-14(18)17(16-9-8-12(2)20-16)21-15-7-5-4-6-13(15)10-11-19/h4-9,14,17,19H,3,10-11,18H2,1-2H3. The molecule has 4 heteroatoms. The van der Waals surface area contributed by atoms with Crippen LogP contribution in [0.25, 0.3) is 0 Å². The maximum absolute atomic E-state index is 9.16. The summed E-state index contributed by atoms with van der Waals surface area (Å²) in [7, 11) is 0. The molecular formula is C17H23NO3. The fourth-order valence-electron chi connectivity index (χ4n) is 2.26. The normalized spacial score (nSPS) is 13.9. The van der Waals surface area contributed by atoms with Gasteiger partial charge in [-0.1, -0.05) is 25.1 Å². The minimum absolute atomic E-state index is 0.0880. The minimum Gasteiger partial charge on any atom is -0.481 e. The molecule has 0 aliphatic rings. The third-order valence-corrected chi connectivity index (χ3v) is 3.51. The molecule has 1 aromatic heterocycles. The molecule has 114 valence electrons. The van der Waals surface area contributed by atoms with Crippen molar-refractivity contribution in [3.63, 3.8) is 0 Å². The summed E-state index contributed by atoms with van der Waals surface area (Å²) in [5.74, 6) is 2.32. The Bertz CT molecular complexity index is 565. The number of furan rings is 1. The largest absolute Gasteiger partial charge is 0.481 e. The smallest absolute Gasteiger partial charge is 0.171 e. The molecular weight excluding hydrogens is 266 g/mol. The number of hydrogen-bond acceptors (Lipinski definition) is 4. The Balaban J connectivity index is 2.27. The van der Waals surface area contributed by atoms with Gasteiger partial charge < -0.3 is 20.0 Å². The van der Waals surface area contributed by atoms with Gasteiger partial charge in [0.25, 0.3) is 0 Å². The second-order valence-corrected chi connectivity index (χ2v) is 5.14. The van der Waals surface area contributed by atoms with Crippen LogP contribution >= 0.6 is 0 Å². The summed E-state index contributed by atoms with van der Waals surface area (Å²) >= 11 is 0. The molecule has 0 aliphatic heterocycles. The fourth-order valence-corrected chi connectivity index (χ4v) is 2.26. The monoisotopic (exact) mass is 289 g/mol. The lowest BCUT2D eigenvalue weighted by Crippen LogP contribution is -2.31. The molecule has 0 saturated heterocycles. The quantitative estimate of drug-likeness (QED) is 0.822. The molecule has 2 rings (SSSR count). The minimum atomic E-state index is -0.330. The maximum atomic E-state index is 9.16. The zero-order chi connectivity index (χ0) is 15.2. The Hall–Kier alpha value is -1.78. The summed E-state index contributed by atoms with van der Waals surface area (Å²) < 4.78 is 11.8. The summed E-state index contributed by atoms with van der Waals surface area (Å²) in [4.78, 5) is 0. The van der Waals surface area contributed by atoms with Gasteiger partial charge in [-0.25, -0.2) is 0 Å². The molecule has 0 saturated carbocycles. The molecule has 0 aliphatic carbocycles. The summed E-state index contributed by atoms with van der Waals surface area (Å²) in [6.45, 7) is 4.01. The average molecular weight is 289 g/mol. The second kappa shape index (κ2) is 7.29. The van der Waals surface area contributed by atoms with Crippen molar-refractivity contribution in [3.8, 4) is 5.75 Å². The summed E-state index contributed by atoms with van der Waals surface area (Å²) in [6.07, 6.45) is 1.01. The van der Waals surface area contributed by atoms with Crippen molar-refractivity contribution >= 4 is 0 Å². The first-order valence-electron chi connectivity index (χ1n) is 7.33. The highest BCUT2D eigenvalue weighted by atomic mass is 16.5. The SMILES string of the molecule is CCC(N)C(Oc1ccccc1CCO)c1ccc(C)o1. The topological polar surface area (TPSA) is 68.6 Å². The van der Waals surface area contributed by atoms with Gasteiger partial charge in [0, 0.05) is 12.6 Å². The number of hydrogen-bond donors (Lipinski definition) is 2. The van der Waals surface area contributed by atoms with Gasteiger partial charge >= 0.3 is 0 Å². The van der Waals surface area contributed by atoms with Crippen molar-refractivity contribution in [1.29, 1.82) is 0 Å². The molecule has 2 aromatic rings. The van der Waals surface area contributed by atoms with E-state index in [0.29, 0.717) is 6.42 Å². The van der Waals surface area contributed by atoms with Crippen molar-refractivity contribution in [2.75, 3.05) is 6.61 Å². The van der Waals surface area contributed by atoms with E-state index >= 15 is 0 Å². The van der Waals surface area contributed by atoms with Gasteiger partial charge in [-0.2, -0.15) is 0 Å². The van der Waals surface area contributed by atoms with E-state index in [1.807, 2.05) is 50.2 Å². The molecule has 4 nitrogen and oxygen atoms in total. The molecule has 2 unspecified atom stereocenters. The summed E-state index contributed by atoms with van der Waals surface area (Å²) in [5.41, 5.74) is 7.17. The summed E-state index contributed by atoms with van der Waals surface area (Å²) in [5, 5.41) is 9.16. The Labute approximate surface area is 125 Å². The number of nitrogens with two attached hydrogens (primary N) is 1. The van der Waals surface area contributed by atoms with Gasteiger partial charge in [0.2, 0.25) is 0 Å². The van der Waals surface area contributed by atoms with Gasteiger partial charge in [0.15, 0.2) is 6.10 Å². The number of aliphatic hydroxyl groups excluding tert-OH is 1. The van der Waals surface area contributed by atoms with E-state index in [4.69, 9.17) is 20.0 Å². The Morgan fingerprint density at radius 2 is 2.00 bits per heavy atom. The molecule has 0 fully saturated rings. The first kappa shape index (κ1) is 15.6. The molecule has 2 atom stereocenters. The van der Waals surface area contributed by atoms with Crippen molar-refractivity contribution in [1.82, 2.24) is 0 Å². The van der Waals surface area contributed by atoms with Crippen LogP contribution in [0.3, 0.4) is 0 Å². The van der Waals surface area contributed by atoms with E-state index in [2.05, 4.69) is 0 Å². The first-order chi connectivity index (χ1) is 10.2. The lowest BCUT2D eigenvalue weighted by Gasteiger charge is -2.24. The van der Waals surface area contributed by atoms with Crippen LogP contribution in [0, 0.1) is 6.92 Å². The Kier molecular flexibility index (Phi) is 5.42. The molecule has 0 radical (unpaired) electrons. The highest BCUT2D eigenvalue weighted by molar-refractivity contribution is 5.34. The number of rotatable bonds is 7. The van der Waals surface area contributed by atoms with Crippen molar-refractivity contribution in [3.05, 3.63) is 53.5 Å². The van der Waals surface area contributed by atoms with Crippen LogP contribution in [0.5, 0.6) is 5.75 Å². The molecule has 0 spiro atoms. The fraction of sp³-hybridized carbons (Fsp3) is 0.412. The van der Waals surface area contributed by atoms with Crippen LogP contribution in [0.4, 0.5) is 0 Å². The zero-order valence-electron chi connectivity index (χ0n) is 12.6. The van der Waals surface area contributed by atoms with Gasteiger partial charge in [-0.05, 0) is 43.5 Å². The van der Waals surface area contributed by atoms with Crippen LogP contribution in [0.15, 0.2) is 40.8 Å². The van der Waals surface area contributed by atoms with Gasteiger partial charge in [-0.15, -0.1) is 0 Å². The van der Waals surface area contributed by atoms with E-state index in [1.54, 1.807) is 0 Å². The van der Waals surface area contributed by atoms with E-state index in [1.165, 1.54) is 0 Å². The third kappa shape index (κ3) is 3.86. The van der Waals surface area contributed by atoms with Crippen LogP contribution in [0.1, 0.15) is 36.5 Å². The Morgan fingerprint density at radius 1 is 1.24 bits per heavy atom. The van der Waals surface area contributed by atoms with Crippen LogP contribution in [0.2, 0.25) is 0 Å². The molecule has 1 heterocycles. The lowest BCUT2D eigenvalue weighted by molar-refractivity contribution is 0.141. The number of para-hydroxylation sites is 1. The summed E-state index contributed by atoms with van der Waals surface area (Å²) in [6, 6.07) is 11.4. The highest BCUT2D eigenvalue weighted by Gasteiger charge is 2.24. The zero-order valence-corrected chi connectivity index (χ0v) is 12.6. The molecule has 0 amide bonds. The lowest BCUT2D eigenvalue weighted by atomic mass is 10.1. The van der Waals surface area contributed by atoms with Crippen LogP contribution < -0.4 is 10.5 Å². The molecule has 21 heavy (non-hydrogen) atoms. The average Bonchev–Trinajstić information content (AvgIpc) is 2.92. The third-order valence-electron chi connectivity index (χ3n) is 3.51. The van der Waals surface area contributed by atoms with Gasteiger partial charge in [0.05, 0.1) is 0 Å². The van der Waals surface area contributed by atoms with Crippen LogP contribution in [-0.4, -0.2) is 17.8 Å². The number of aryl methyl sites for hydroxylation is 1.